The summed E-state index contributed by atoms with van der Waals surface area (Å²) in [7, 11) is -3.64. The molecular formula is C18H26O4S. The number of rotatable bonds is 4. The lowest BCUT2D eigenvalue weighted by molar-refractivity contribution is -0.150. The van der Waals surface area contributed by atoms with Crippen LogP contribution < -0.4 is 0 Å². The molecule has 0 bridgehead atoms. The van der Waals surface area contributed by atoms with Crippen LogP contribution in [0.3, 0.4) is 0 Å². The van der Waals surface area contributed by atoms with Crippen LogP contribution in [0.5, 0.6) is 0 Å². The van der Waals surface area contributed by atoms with E-state index in [-0.39, 0.29) is 16.4 Å². The summed E-state index contributed by atoms with van der Waals surface area (Å²) in [6, 6.07) is 6.51. The molecule has 2 atom stereocenters. The van der Waals surface area contributed by atoms with Gasteiger partial charge < -0.3 is 4.74 Å². The number of sulfone groups is 1. The molecule has 1 saturated carbocycles. The highest BCUT2D eigenvalue weighted by Gasteiger charge is 2.34. The van der Waals surface area contributed by atoms with E-state index in [1.807, 2.05) is 6.92 Å². The fourth-order valence-corrected chi connectivity index (χ4v) is 4.65. The van der Waals surface area contributed by atoms with Crippen LogP contribution in [0.15, 0.2) is 29.2 Å². The first-order valence-corrected chi connectivity index (χ1v) is 9.71. The second kappa shape index (κ2) is 6.63. The van der Waals surface area contributed by atoms with Gasteiger partial charge in [-0.25, -0.2) is 8.42 Å². The molecule has 0 aromatic heterocycles. The Kier molecular flexibility index (Phi) is 5.19. The van der Waals surface area contributed by atoms with Crippen molar-refractivity contribution in [2.24, 2.45) is 11.3 Å². The van der Waals surface area contributed by atoms with Gasteiger partial charge in [0, 0.05) is 0 Å². The first-order valence-electron chi connectivity index (χ1n) is 8.06. The average Bonchev–Trinajstić information content (AvgIpc) is 2.35. The van der Waals surface area contributed by atoms with Crippen LogP contribution in [0.2, 0.25) is 0 Å². The summed E-state index contributed by atoms with van der Waals surface area (Å²) in [4.78, 5) is 12.2. The van der Waals surface area contributed by atoms with E-state index in [1.165, 1.54) is 12.1 Å². The molecule has 0 amide bonds. The van der Waals surface area contributed by atoms with E-state index < -0.39 is 21.6 Å². The van der Waals surface area contributed by atoms with Gasteiger partial charge in [0.2, 0.25) is 0 Å². The number of esters is 1. The Morgan fingerprint density at radius 1 is 1.22 bits per heavy atom. The monoisotopic (exact) mass is 338 g/mol. The minimum Gasteiger partial charge on any atom is -0.462 e. The standard InChI is InChI=1S/C18H26O4S/c1-13-5-7-16(8-6-13)23(20,21)12-17(19)22-15-9-14(2)10-18(3,4)11-15/h5-8,14-15H,9-12H2,1-4H3. The minimum absolute atomic E-state index is 0.123. The summed E-state index contributed by atoms with van der Waals surface area (Å²) in [6.07, 6.45) is 2.50. The molecule has 2 unspecified atom stereocenters. The van der Waals surface area contributed by atoms with Crippen molar-refractivity contribution in [3.8, 4) is 0 Å². The van der Waals surface area contributed by atoms with E-state index in [9.17, 15) is 13.2 Å². The zero-order valence-corrected chi connectivity index (χ0v) is 15.2. The van der Waals surface area contributed by atoms with Crippen molar-refractivity contribution in [1.82, 2.24) is 0 Å². The van der Waals surface area contributed by atoms with E-state index in [4.69, 9.17) is 4.74 Å². The summed E-state index contributed by atoms with van der Waals surface area (Å²) < 4.78 is 30.0. The molecule has 4 nitrogen and oxygen atoms in total. The second-order valence-electron chi connectivity index (χ2n) is 7.60. The van der Waals surface area contributed by atoms with Gasteiger partial charge in [-0.05, 0) is 49.7 Å². The SMILES string of the molecule is Cc1ccc(S(=O)(=O)CC(=O)OC2CC(C)CC(C)(C)C2)cc1. The molecule has 0 heterocycles. The van der Waals surface area contributed by atoms with Crippen LogP contribution in [0.4, 0.5) is 0 Å². The largest absolute Gasteiger partial charge is 0.462 e. The zero-order chi connectivity index (χ0) is 17.3. The highest BCUT2D eigenvalue weighted by molar-refractivity contribution is 7.92. The topological polar surface area (TPSA) is 60.4 Å². The maximum absolute atomic E-state index is 12.3. The van der Waals surface area contributed by atoms with Gasteiger partial charge >= 0.3 is 5.97 Å². The van der Waals surface area contributed by atoms with E-state index in [0.717, 1.165) is 24.8 Å². The minimum atomic E-state index is -3.64. The smallest absolute Gasteiger partial charge is 0.321 e. The van der Waals surface area contributed by atoms with Crippen LogP contribution >= 0.6 is 0 Å². The first kappa shape index (κ1) is 18.0. The fourth-order valence-electron chi connectivity index (χ4n) is 3.55. The number of carbonyl (C=O) groups excluding carboxylic acids is 1. The molecule has 2 rings (SSSR count). The van der Waals surface area contributed by atoms with E-state index >= 15 is 0 Å². The third-order valence-corrected chi connectivity index (χ3v) is 5.94. The van der Waals surface area contributed by atoms with Crippen molar-refractivity contribution < 1.29 is 17.9 Å². The van der Waals surface area contributed by atoms with Crippen molar-refractivity contribution in [3.63, 3.8) is 0 Å². The van der Waals surface area contributed by atoms with Gasteiger partial charge in [-0.15, -0.1) is 0 Å². The Hall–Kier alpha value is -1.36. The van der Waals surface area contributed by atoms with E-state index in [0.29, 0.717) is 5.92 Å². The lowest BCUT2D eigenvalue weighted by Gasteiger charge is -2.38. The Morgan fingerprint density at radius 3 is 2.39 bits per heavy atom. The predicted molar refractivity (Wildman–Crippen MR) is 89.9 cm³/mol. The van der Waals surface area contributed by atoms with Crippen molar-refractivity contribution in [1.29, 1.82) is 0 Å². The molecule has 1 aliphatic rings. The summed E-state index contributed by atoms with van der Waals surface area (Å²) in [6.45, 7) is 8.35. The molecule has 0 saturated heterocycles. The summed E-state index contributed by atoms with van der Waals surface area (Å²) >= 11 is 0. The van der Waals surface area contributed by atoms with Crippen LogP contribution in [0, 0.1) is 18.3 Å². The van der Waals surface area contributed by atoms with Crippen molar-refractivity contribution >= 4 is 15.8 Å². The molecule has 23 heavy (non-hydrogen) atoms. The first-order chi connectivity index (χ1) is 10.6. The summed E-state index contributed by atoms with van der Waals surface area (Å²) in [5, 5.41) is 0. The fraction of sp³-hybridized carbons (Fsp3) is 0.611. The van der Waals surface area contributed by atoms with Gasteiger partial charge in [0.05, 0.1) is 4.90 Å². The van der Waals surface area contributed by atoms with Gasteiger partial charge in [-0.2, -0.15) is 0 Å². The summed E-state index contributed by atoms with van der Waals surface area (Å²) in [5.74, 6) is -0.771. The molecule has 1 fully saturated rings. The maximum Gasteiger partial charge on any atom is 0.321 e. The van der Waals surface area contributed by atoms with Gasteiger partial charge in [0.15, 0.2) is 15.6 Å². The van der Waals surface area contributed by atoms with Crippen LogP contribution in [0.1, 0.15) is 45.6 Å². The Balaban J connectivity index is 2.00. The molecule has 0 radical (unpaired) electrons. The molecule has 0 N–H and O–H groups in total. The molecular weight excluding hydrogens is 312 g/mol. The Labute approximate surface area is 139 Å². The second-order valence-corrected chi connectivity index (χ2v) is 9.59. The number of ether oxygens (including phenoxy) is 1. The van der Waals surface area contributed by atoms with Gasteiger partial charge in [0.25, 0.3) is 0 Å². The number of hydrogen-bond acceptors (Lipinski definition) is 4. The molecule has 5 heteroatoms. The Bertz CT molecular complexity index is 659. The van der Waals surface area contributed by atoms with Gasteiger partial charge in [0.1, 0.15) is 6.10 Å². The van der Waals surface area contributed by atoms with Crippen molar-refractivity contribution in [3.05, 3.63) is 29.8 Å². The number of benzene rings is 1. The Morgan fingerprint density at radius 2 is 1.83 bits per heavy atom. The van der Waals surface area contributed by atoms with E-state index in [2.05, 4.69) is 20.8 Å². The predicted octanol–water partition coefficient (Wildman–Crippen LogP) is 3.53. The maximum atomic E-state index is 12.3. The molecule has 1 aromatic carbocycles. The quantitative estimate of drug-likeness (QED) is 0.788. The molecule has 0 aliphatic heterocycles. The number of hydrogen-bond donors (Lipinski definition) is 0. The number of aryl methyl sites for hydroxylation is 1. The normalized spacial score (nSPS) is 24.2. The molecule has 0 spiro atoms. The lowest BCUT2D eigenvalue weighted by Crippen LogP contribution is -2.35. The van der Waals surface area contributed by atoms with Gasteiger partial charge in [-0.1, -0.05) is 38.5 Å². The molecule has 1 aliphatic carbocycles. The molecule has 128 valence electrons. The molecule has 1 aromatic rings. The summed E-state index contributed by atoms with van der Waals surface area (Å²) in [5.41, 5.74) is 1.10. The van der Waals surface area contributed by atoms with Crippen LogP contribution in [0.25, 0.3) is 0 Å². The number of carbonyl (C=O) groups is 1. The third kappa shape index (κ3) is 5.06. The van der Waals surface area contributed by atoms with Crippen molar-refractivity contribution in [2.45, 2.75) is 58.0 Å². The van der Waals surface area contributed by atoms with Crippen LogP contribution in [-0.4, -0.2) is 26.2 Å². The average molecular weight is 338 g/mol. The zero-order valence-electron chi connectivity index (χ0n) is 14.3. The van der Waals surface area contributed by atoms with Crippen LogP contribution in [-0.2, 0) is 19.4 Å². The highest BCUT2D eigenvalue weighted by Crippen LogP contribution is 2.39. The van der Waals surface area contributed by atoms with Crippen molar-refractivity contribution in [2.75, 3.05) is 5.75 Å². The van der Waals surface area contributed by atoms with E-state index in [1.54, 1.807) is 12.1 Å². The lowest BCUT2D eigenvalue weighted by atomic mass is 9.71. The highest BCUT2D eigenvalue weighted by atomic mass is 32.2. The van der Waals surface area contributed by atoms with Gasteiger partial charge in [-0.3, -0.25) is 4.79 Å². The third-order valence-electron chi connectivity index (χ3n) is 4.33.